The van der Waals surface area contributed by atoms with Crippen molar-refractivity contribution in [2.45, 2.75) is 34.2 Å². The maximum absolute atomic E-state index is 12.8. The summed E-state index contributed by atoms with van der Waals surface area (Å²) < 4.78 is 1.95. The van der Waals surface area contributed by atoms with Crippen LogP contribution in [0.1, 0.15) is 33.5 Å². The van der Waals surface area contributed by atoms with E-state index in [9.17, 15) is 14.9 Å². The summed E-state index contributed by atoms with van der Waals surface area (Å²) in [4.78, 5) is 27.0. The molecule has 0 bridgehead atoms. The van der Waals surface area contributed by atoms with Crippen molar-refractivity contribution in [3.8, 4) is 6.07 Å². The average molecular weight is 458 g/mol. The van der Waals surface area contributed by atoms with Crippen LogP contribution in [0.4, 0.5) is 11.5 Å². The Bertz CT molecular complexity index is 1240. The van der Waals surface area contributed by atoms with E-state index in [2.05, 4.69) is 16.7 Å². The Labute approximate surface area is 201 Å². The van der Waals surface area contributed by atoms with Crippen LogP contribution >= 0.6 is 0 Å². The number of carbonyl (C=O) groups excluding carboxylic acids is 2. The number of rotatable bonds is 8. The third-order valence-electron chi connectivity index (χ3n) is 6.09. The molecule has 3 rings (SSSR count). The molecule has 0 fully saturated rings. The molecule has 2 amide bonds. The molecule has 1 aromatic heterocycles. The monoisotopic (exact) mass is 457 g/mol. The van der Waals surface area contributed by atoms with Crippen molar-refractivity contribution in [2.75, 3.05) is 30.8 Å². The zero-order valence-corrected chi connectivity index (χ0v) is 20.4. The van der Waals surface area contributed by atoms with Gasteiger partial charge >= 0.3 is 0 Å². The minimum atomic E-state index is -0.287. The van der Waals surface area contributed by atoms with Gasteiger partial charge in [-0.15, -0.1) is 0 Å². The summed E-state index contributed by atoms with van der Waals surface area (Å²) in [6.45, 7) is 8.40. The first kappa shape index (κ1) is 24.7. The first-order valence-corrected chi connectivity index (χ1v) is 11.2. The predicted octanol–water partition coefficient (Wildman–Crippen LogP) is 4.15. The second kappa shape index (κ2) is 10.8. The number of amides is 2. The van der Waals surface area contributed by atoms with Crippen LogP contribution in [0.3, 0.4) is 0 Å². The highest BCUT2D eigenvalue weighted by atomic mass is 16.2. The lowest BCUT2D eigenvalue weighted by Crippen LogP contribution is -2.36. The van der Waals surface area contributed by atoms with Crippen molar-refractivity contribution < 1.29 is 9.59 Å². The third kappa shape index (κ3) is 5.72. The van der Waals surface area contributed by atoms with E-state index >= 15 is 0 Å². The molecular formula is C27H31N5O2. The molecule has 0 radical (unpaired) electrons. The molecule has 0 aliphatic rings. The first-order valence-electron chi connectivity index (χ1n) is 11.2. The normalized spacial score (nSPS) is 10.7. The van der Waals surface area contributed by atoms with Gasteiger partial charge in [0.15, 0.2) is 0 Å². The summed E-state index contributed by atoms with van der Waals surface area (Å²) in [5, 5.41) is 15.5. The van der Waals surface area contributed by atoms with Gasteiger partial charge in [0.25, 0.3) is 0 Å². The maximum atomic E-state index is 12.8. The molecule has 3 aromatic rings. The van der Waals surface area contributed by atoms with E-state index in [0.29, 0.717) is 17.9 Å². The second-order valence-electron chi connectivity index (χ2n) is 8.63. The molecule has 7 nitrogen and oxygen atoms in total. The highest BCUT2D eigenvalue weighted by molar-refractivity contribution is 5.95. The Morgan fingerprint density at radius 2 is 1.56 bits per heavy atom. The smallest absolute Gasteiger partial charge is 0.239 e. The number of benzene rings is 2. The van der Waals surface area contributed by atoms with Gasteiger partial charge in [-0.2, -0.15) is 5.26 Å². The van der Waals surface area contributed by atoms with Gasteiger partial charge in [0.1, 0.15) is 11.9 Å². The number of carbonyl (C=O) groups is 2. The number of hydrogen-bond donors (Lipinski definition) is 2. The molecule has 2 aromatic carbocycles. The molecule has 1 heterocycles. The quantitative estimate of drug-likeness (QED) is 0.532. The Kier molecular flexibility index (Phi) is 7.87. The fourth-order valence-electron chi connectivity index (χ4n) is 3.89. The average Bonchev–Trinajstić information content (AvgIpc) is 3.01. The standard InChI is InChI=1S/C27H31N5O2/c1-18-10-9-13-24(19(18)2)29-25(33)16-31(5)17-26(34)30-27-23(14-28)20(3)21(4)32(27)15-22-11-7-6-8-12-22/h6-13H,15-17H2,1-5H3,(H,29,33)(H,30,34). The van der Waals surface area contributed by atoms with Crippen molar-refractivity contribution in [3.63, 3.8) is 0 Å². The Hall–Kier alpha value is -3.89. The lowest BCUT2D eigenvalue weighted by molar-refractivity contribution is -0.119. The third-order valence-corrected chi connectivity index (χ3v) is 6.09. The van der Waals surface area contributed by atoms with Gasteiger partial charge in [0.05, 0.1) is 18.7 Å². The molecule has 0 unspecified atom stereocenters. The molecule has 2 N–H and O–H groups in total. The first-order chi connectivity index (χ1) is 16.2. The highest BCUT2D eigenvalue weighted by Gasteiger charge is 2.21. The Morgan fingerprint density at radius 3 is 2.21 bits per heavy atom. The number of nitriles is 1. The van der Waals surface area contributed by atoms with Gasteiger partial charge in [-0.25, -0.2) is 0 Å². The summed E-state index contributed by atoms with van der Waals surface area (Å²) in [6.07, 6.45) is 0. The minimum Gasteiger partial charge on any atom is -0.326 e. The molecule has 176 valence electrons. The second-order valence-corrected chi connectivity index (χ2v) is 8.63. The van der Waals surface area contributed by atoms with E-state index in [1.165, 1.54) is 0 Å². The van der Waals surface area contributed by atoms with Crippen molar-refractivity contribution >= 4 is 23.3 Å². The molecule has 0 saturated heterocycles. The lowest BCUT2D eigenvalue weighted by Gasteiger charge is -2.18. The van der Waals surface area contributed by atoms with Crippen LogP contribution in [-0.2, 0) is 16.1 Å². The summed E-state index contributed by atoms with van der Waals surface area (Å²) in [7, 11) is 1.72. The van der Waals surface area contributed by atoms with Crippen LogP contribution in [0.25, 0.3) is 0 Å². The van der Waals surface area contributed by atoms with E-state index in [1.54, 1.807) is 11.9 Å². The van der Waals surface area contributed by atoms with Gasteiger partial charge < -0.3 is 15.2 Å². The van der Waals surface area contributed by atoms with Gasteiger partial charge in [-0.1, -0.05) is 42.5 Å². The van der Waals surface area contributed by atoms with E-state index < -0.39 is 0 Å². The number of likely N-dealkylation sites (N-methyl/N-ethyl adjacent to an activating group) is 1. The van der Waals surface area contributed by atoms with Crippen LogP contribution in [0.15, 0.2) is 48.5 Å². The predicted molar refractivity (Wildman–Crippen MR) is 135 cm³/mol. The zero-order valence-electron chi connectivity index (χ0n) is 20.4. The van der Waals surface area contributed by atoms with E-state index in [-0.39, 0.29) is 24.9 Å². The van der Waals surface area contributed by atoms with Gasteiger partial charge in [-0.3, -0.25) is 14.5 Å². The van der Waals surface area contributed by atoms with Crippen molar-refractivity contribution in [3.05, 3.63) is 82.0 Å². The van der Waals surface area contributed by atoms with Crippen molar-refractivity contribution in [2.24, 2.45) is 0 Å². The molecule has 0 atom stereocenters. The van der Waals surface area contributed by atoms with Crippen molar-refractivity contribution in [1.82, 2.24) is 9.47 Å². The van der Waals surface area contributed by atoms with E-state index in [0.717, 1.165) is 33.6 Å². The van der Waals surface area contributed by atoms with Crippen LogP contribution in [0, 0.1) is 39.0 Å². The minimum absolute atomic E-state index is 0.0136. The number of aromatic nitrogens is 1. The van der Waals surface area contributed by atoms with Crippen LogP contribution in [-0.4, -0.2) is 41.4 Å². The van der Waals surface area contributed by atoms with Gasteiger partial charge in [0, 0.05) is 17.9 Å². The number of aryl methyl sites for hydroxylation is 1. The van der Waals surface area contributed by atoms with Gasteiger partial charge in [0.2, 0.25) is 11.8 Å². The van der Waals surface area contributed by atoms with E-state index in [1.807, 2.05) is 80.8 Å². The maximum Gasteiger partial charge on any atom is 0.239 e. The van der Waals surface area contributed by atoms with Crippen molar-refractivity contribution in [1.29, 1.82) is 5.26 Å². The Balaban J connectivity index is 1.68. The lowest BCUT2D eigenvalue weighted by atomic mass is 10.1. The SMILES string of the molecule is Cc1cccc(NC(=O)CN(C)CC(=O)Nc2c(C#N)c(C)c(C)n2Cc2ccccc2)c1C. The molecule has 34 heavy (non-hydrogen) atoms. The summed E-state index contributed by atoms with van der Waals surface area (Å²) >= 11 is 0. The largest absolute Gasteiger partial charge is 0.326 e. The van der Waals surface area contributed by atoms with Crippen LogP contribution in [0.2, 0.25) is 0 Å². The molecular weight excluding hydrogens is 426 g/mol. The molecule has 0 aliphatic heterocycles. The van der Waals surface area contributed by atoms with Crippen LogP contribution in [0.5, 0.6) is 0 Å². The number of nitrogens with zero attached hydrogens (tertiary/aromatic N) is 3. The number of nitrogens with one attached hydrogen (secondary N) is 2. The molecule has 0 spiro atoms. The topological polar surface area (TPSA) is 90.2 Å². The summed E-state index contributed by atoms with van der Waals surface area (Å²) in [5.74, 6) is 0.00536. The van der Waals surface area contributed by atoms with Gasteiger partial charge in [-0.05, 0) is 63.1 Å². The summed E-state index contributed by atoms with van der Waals surface area (Å²) in [6, 6.07) is 17.9. The highest BCUT2D eigenvalue weighted by Crippen LogP contribution is 2.27. The van der Waals surface area contributed by atoms with Crippen LogP contribution < -0.4 is 10.6 Å². The fourth-order valence-corrected chi connectivity index (χ4v) is 3.89. The molecule has 0 saturated carbocycles. The Morgan fingerprint density at radius 1 is 0.912 bits per heavy atom. The number of hydrogen-bond acceptors (Lipinski definition) is 4. The summed E-state index contributed by atoms with van der Waals surface area (Å²) in [5.41, 5.74) is 6.18. The molecule has 7 heteroatoms. The van der Waals surface area contributed by atoms with E-state index in [4.69, 9.17) is 0 Å². The number of anilines is 2. The zero-order chi connectivity index (χ0) is 24.8. The molecule has 0 aliphatic carbocycles. The fraction of sp³-hybridized carbons (Fsp3) is 0.296.